The second-order valence-corrected chi connectivity index (χ2v) is 10.1. The van der Waals surface area contributed by atoms with Gasteiger partial charge in [-0.25, -0.2) is 9.48 Å². The summed E-state index contributed by atoms with van der Waals surface area (Å²) < 4.78 is 9.05. The molecule has 5 nitrogen and oxygen atoms in total. The van der Waals surface area contributed by atoms with Gasteiger partial charge < -0.3 is 9.84 Å². The van der Waals surface area contributed by atoms with E-state index in [1.807, 2.05) is 23.0 Å². The normalized spacial score (nSPS) is 16.8. The molecule has 0 bridgehead atoms. The van der Waals surface area contributed by atoms with E-state index in [4.69, 9.17) is 9.84 Å². The van der Waals surface area contributed by atoms with E-state index in [9.17, 15) is 4.79 Å². The molecule has 2 heterocycles. The summed E-state index contributed by atoms with van der Waals surface area (Å²) in [5.74, 6) is -0.958. The zero-order valence-electron chi connectivity index (χ0n) is 20.7. The van der Waals surface area contributed by atoms with Crippen molar-refractivity contribution < 1.29 is 14.6 Å². The Morgan fingerprint density at radius 3 is 2.46 bits per heavy atom. The predicted octanol–water partition coefficient (Wildman–Crippen LogP) is 7.96. The minimum atomic E-state index is -0.958. The largest absolute Gasteiger partial charge is 0.478 e. The third kappa shape index (κ3) is 5.60. The highest BCUT2D eigenvalue weighted by Gasteiger charge is 2.20. The summed E-state index contributed by atoms with van der Waals surface area (Å²) in [5, 5.41) is 14.7. The number of carboxylic acid groups (broad SMARTS) is 1. The lowest BCUT2D eigenvalue weighted by atomic mass is 9.87. The Bertz CT molecular complexity index is 1460. The van der Waals surface area contributed by atoms with Crippen LogP contribution >= 0.6 is 15.9 Å². The fraction of sp³-hybridized carbons (Fsp3) is 0.226. The van der Waals surface area contributed by atoms with Gasteiger partial charge in [-0.15, -0.1) is 0 Å². The molecular weight excluding hydrogens is 528 g/mol. The van der Waals surface area contributed by atoms with Crippen molar-refractivity contribution in [3.63, 3.8) is 0 Å². The molecule has 0 amide bonds. The van der Waals surface area contributed by atoms with E-state index in [0.29, 0.717) is 0 Å². The van der Waals surface area contributed by atoms with Crippen molar-refractivity contribution in [3.05, 3.63) is 106 Å². The summed E-state index contributed by atoms with van der Waals surface area (Å²) in [5.41, 5.74) is 7.68. The van der Waals surface area contributed by atoms with Crippen LogP contribution in [-0.2, 0) is 9.53 Å². The maximum Gasteiger partial charge on any atom is 0.328 e. The first kappa shape index (κ1) is 25.2. The molecule has 1 fully saturated rings. The molecule has 188 valence electrons. The molecule has 5 rings (SSSR count). The summed E-state index contributed by atoms with van der Waals surface area (Å²) in [6.45, 7) is 2.96. The van der Waals surface area contributed by atoms with Gasteiger partial charge in [0, 0.05) is 22.5 Å². The maximum atomic E-state index is 10.9. The number of hydrogen-bond donors (Lipinski definition) is 1. The Kier molecular flexibility index (Phi) is 7.68. The fourth-order valence-electron chi connectivity index (χ4n) is 4.97. The van der Waals surface area contributed by atoms with Crippen LogP contribution in [0.25, 0.3) is 28.1 Å². The van der Waals surface area contributed by atoms with Crippen LogP contribution in [0.1, 0.15) is 61.1 Å². The molecule has 0 aliphatic carbocycles. The molecule has 0 saturated carbocycles. The van der Waals surface area contributed by atoms with Gasteiger partial charge in [0.05, 0.1) is 11.7 Å². The molecule has 3 aromatic carbocycles. The number of carbonyl (C=O) groups is 1. The quantitative estimate of drug-likeness (QED) is 0.185. The molecule has 1 saturated heterocycles. The SMILES string of the molecule is CC/C(=C(/c1ccc(C=CC(=O)O)cc1)c1ccc2c(cnn2C2CCCCO2)c1)c1ccc(Br)cc1. The van der Waals surface area contributed by atoms with E-state index in [1.165, 1.54) is 11.1 Å². The first-order valence-electron chi connectivity index (χ1n) is 12.6. The molecule has 1 N–H and O–H groups in total. The standard InChI is InChI=1S/C31H29BrN2O3/c1-2-27(22-11-14-26(32)15-12-22)31(23-9-6-21(7-10-23)8-17-30(35)36)24-13-16-28-25(19-24)20-33-34(28)29-5-3-4-18-37-29/h6-17,19-20,29H,2-5,18H2,1H3,(H,35,36)/b17-8?,31-27+. The number of halogens is 1. The lowest BCUT2D eigenvalue weighted by Crippen LogP contribution is -2.18. The zero-order chi connectivity index (χ0) is 25.8. The second-order valence-electron chi connectivity index (χ2n) is 9.19. The number of allylic oxidation sites excluding steroid dienone is 1. The van der Waals surface area contributed by atoms with Gasteiger partial charge in [-0.1, -0.05) is 65.3 Å². The van der Waals surface area contributed by atoms with Crippen LogP contribution in [0.5, 0.6) is 0 Å². The number of rotatable bonds is 7. The summed E-state index contributed by atoms with van der Waals surface area (Å²) >= 11 is 3.55. The van der Waals surface area contributed by atoms with Crippen molar-refractivity contribution in [2.24, 2.45) is 0 Å². The first-order valence-corrected chi connectivity index (χ1v) is 13.4. The van der Waals surface area contributed by atoms with Gasteiger partial charge in [0.25, 0.3) is 0 Å². The molecule has 0 radical (unpaired) electrons. The van der Waals surface area contributed by atoms with Crippen molar-refractivity contribution in [1.29, 1.82) is 0 Å². The molecule has 1 aliphatic rings. The van der Waals surface area contributed by atoms with Gasteiger partial charge in [-0.2, -0.15) is 5.10 Å². The fourth-order valence-corrected chi connectivity index (χ4v) is 5.24. The van der Waals surface area contributed by atoms with Gasteiger partial charge >= 0.3 is 5.97 Å². The van der Waals surface area contributed by atoms with Crippen LogP contribution < -0.4 is 0 Å². The third-order valence-corrected chi connectivity index (χ3v) is 7.31. The monoisotopic (exact) mass is 556 g/mol. The summed E-state index contributed by atoms with van der Waals surface area (Å²) in [6.07, 6.45) is 8.79. The number of aromatic nitrogens is 2. The van der Waals surface area contributed by atoms with Crippen LogP contribution in [0.2, 0.25) is 0 Å². The highest BCUT2D eigenvalue weighted by molar-refractivity contribution is 9.10. The van der Waals surface area contributed by atoms with E-state index in [-0.39, 0.29) is 6.23 Å². The molecule has 4 aromatic rings. The molecule has 1 aliphatic heterocycles. The Morgan fingerprint density at radius 1 is 1.05 bits per heavy atom. The van der Waals surface area contributed by atoms with E-state index >= 15 is 0 Å². The van der Waals surface area contributed by atoms with Gasteiger partial charge in [0.2, 0.25) is 0 Å². The Balaban J connectivity index is 1.62. The number of carboxylic acids is 1. The molecule has 37 heavy (non-hydrogen) atoms. The van der Waals surface area contributed by atoms with Crippen molar-refractivity contribution in [3.8, 4) is 0 Å². The smallest absolute Gasteiger partial charge is 0.328 e. The summed E-state index contributed by atoms with van der Waals surface area (Å²) in [6, 6.07) is 23.0. The zero-order valence-corrected chi connectivity index (χ0v) is 22.3. The molecular formula is C31H29BrN2O3. The lowest BCUT2D eigenvalue weighted by Gasteiger charge is -2.23. The highest BCUT2D eigenvalue weighted by atomic mass is 79.9. The second kappa shape index (κ2) is 11.3. The van der Waals surface area contributed by atoms with Gasteiger partial charge in [0.15, 0.2) is 6.23 Å². The van der Waals surface area contributed by atoms with Crippen LogP contribution in [0.3, 0.4) is 0 Å². The number of nitrogens with zero attached hydrogens (tertiary/aromatic N) is 2. The van der Waals surface area contributed by atoms with Crippen molar-refractivity contribution in [1.82, 2.24) is 9.78 Å². The van der Waals surface area contributed by atoms with E-state index < -0.39 is 5.97 Å². The topological polar surface area (TPSA) is 64.3 Å². The Morgan fingerprint density at radius 2 is 1.78 bits per heavy atom. The summed E-state index contributed by atoms with van der Waals surface area (Å²) in [4.78, 5) is 10.9. The van der Waals surface area contributed by atoms with Crippen LogP contribution in [-0.4, -0.2) is 27.5 Å². The molecule has 1 atom stereocenters. The lowest BCUT2D eigenvalue weighted by molar-refractivity contribution is -0.131. The van der Waals surface area contributed by atoms with E-state index in [2.05, 4.69) is 82.5 Å². The van der Waals surface area contributed by atoms with Gasteiger partial charge in [-0.3, -0.25) is 0 Å². The average Bonchev–Trinajstić information content (AvgIpc) is 3.35. The Hall–Kier alpha value is -3.48. The van der Waals surface area contributed by atoms with Crippen LogP contribution in [0.15, 0.2) is 83.5 Å². The van der Waals surface area contributed by atoms with Crippen LogP contribution in [0.4, 0.5) is 0 Å². The predicted molar refractivity (Wildman–Crippen MR) is 152 cm³/mol. The van der Waals surface area contributed by atoms with Crippen molar-refractivity contribution >= 4 is 50.0 Å². The minimum Gasteiger partial charge on any atom is -0.478 e. The van der Waals surface area contributed by atoms with E-state index in [0.717, 1.165) is 76.0 Å². The molecule has 1 aromatic heterocycles. The van der Waals surface area contributed by atoms with Gasteiger partial charge in [-0.05, 0) is 89.4 Å². The summed E-state index contributed by atoms with van der Waals surface area (Å²) in [7, 11) is 0. The molecule has 1 unspecified atom stereocenters. The highest BCUT2D eigenvalue weighted by Crippen LogP contribution is 2.37. The minimum absolute atomic E-state index is 0.00696. The van der Waals surface area contributed by atoms with Crippen LogP contribution in [0, 0.1) is 0 Å². The molecule has 6 heteroatoms. The Labute approximate surface area is 225 Å². The number of ether oxygens (including phenoxy) is 1. The average molecular weight is 557 g/mol. The van der Waals surface area contributed by atoms with Crippen molar-refractivity contribution in [2.75, 3.05) is 6.61 Å². The maximum absolute atomic E-state index is 10.9. The molecule has 0 spiro atoms. The number of benzene rings is 3. The first-order chi connectivity index (χ1) is 18.0. The van der Waals surface area contributed by atoms with E-state index in [1.54, 1.807) is 6.08 Å². The number of fused-ring (bicyclic) bond motifs is 1. The number of aliphatic carboxylic acids is 1. The van der Waals surface area contributed by atoms with Crippen molar-refractivity contribution in [2.45, 2.75) is 38.8 Å². The third-order valence-electron chi connectivity index (χ3n) is 6.78. The number of hydrogen-bond acceptors (Lipinski definition) is 3. The van der Waals surface area contributed by atoms with Gasteiger partial charge in [0.1, 0.15) is 0 Å².